The summed E-state index contributed by atoms with van der Waals surface area (Å²) in [6, 6.07) is 13.3. The number of rotatable bonds is 4. The molecule has 0 saturated heterocycles. The van der Waals surface area contributed by atoms with Crippen molar-refractivity contribution in [3.63, 3.8) is 0 Å². The second kappa shape index (κ2) is 5.30. The molecule has 0 aliphatic heterocycles. The lowest BCUT2D eigenvalue weighted by molar-refractivity contribution is 0.100. The van der Waals surface area contributed by atoms with Gasteiger partial charge in [-0.25, -0.2) is 0 Å². The molecule has 1 amide bonds. The Kier molecular flexibility index (Phi) is 3.35. The number of nitrogens with two attached hydrogens (primary N) is 1. The van der Waals surface area contributed by atoms with E-state index in [4.69, 9.17) is 5.73 Å². The Morgan fingerprint density at radius 3 is 2.65 bits per heavy atom. The van der Waals surface area contributed by atoms with Gasteiger partial charge in [0.05, 0.1) is 11.4 Å². The van der Waals surface area contributed by atoms with Crippen molar-refractivity contribution in [2.75, 3.05) is 0 Å². The lowest BCUT2D eigenvalue weighted by Gasteiger charge is -2.02. The van der Waals surface area contributed by atoms with E-state index in [1.807, 2.05) is 40.5 Å². The number of hydrogen-bond donors (Lipinski definition) is 1. The van der Waals surface area contributed by atoms with Crippen LogP contribution < -0.4 is 5.73 Å². The van der Waals surface area contributed by atoms with Gasteiger partial charge >= 0.3 is 0 Å². The molecule has 2 aromatic heterocycles. The van der Waals surface area contributed by atoms with Crippen molar-refractivity contribution < 1.29 is 4.79 Å². The van der Waals surface area contributed by atoms with E-state index in [1.165, 1.54) is 0 Å². The van der Waals surface area contributed by atoms with Gasteiger partial charge in [-0.3, -0.25) is 9.48 Å². The van der Waals surface area contributed by atoms with Gasteiger partial charge in [0, 0.05) is 11.8 Å². The summed E-state index contributed by atoms with van der Waals surface area (Å²) in [6.07, 6.45) is 1.96. The highest BCUT2D eigenvalue weighted by atomic mass is 32.1. The predicted octanol–water partition coefficient (Wildman–Crippen LogP) is 2.76. The van der Waals surface area contributed by atoms with Gasteiger partial charge in [-0.2, -0.15) is 5.10 Å². The number of aromatic nitrogens is 2. The summed E-state index contributed by atoms with van der Waals surface area (Å²) in [5.74, 6) is -0.407. The third kappa shape index (κ3) is 2.62. The summed E-state index contributed by atoms with van der Waals surface area (Å²) in [7, 11) is 0. The van der Waals surface area contributed by atoms with Gasteiger partial charge < -0.3 is 5.73 Å². The molecule has 0 atom stereocenters. The summed E-state index contributed by atoms with van der Waals surface area (Å²) >= 11 is 1.67. The normalized spacial score (nSPS) is 10.6. The van der Waals surface area contributed by atoms with E-state index in [9.17, 15) is 4.79 Å². The molecule has 5 heteroatoms. The molecule has 4 nitrogen and oxygen atoms in total. The Morgan fingerprint density at radius 2 is 2.00 bits per heavy atom. The zero-order valence-electron chi connectivity index (χ0n) is 10.7. The molecule has 0 aliphatic carbocycles. The van der Waals surface area contributed by atoms with Gasteiger partial charge in [-0.15, -0.1) is 11.3 Å². The van der Waals surface area contributed by atoms with E-state index in [-0.39, 0.29) is 0 Å². The fourth-order valence-electron chi connectivity index (χ4n) is 1.97. The molecule has 2 N–H and O–H groups in total. The number of carbonyl (C=O) groups is 1. The SMILES string of the molecule is NC(=O)c1ccc(Cn2ccc(-c3cccs3)n2)cc1. The predicted molar refractivity (Wildman–Crippen MR) is 79.6 cm³/mol. The maximum atomic E-state index is 11.0. The molecular weight excluding hydrogens is 270 g/mol. The van der Waals surface area contributed by atoms with Crippen molar-refractivity contribution in [3.05, 3.63) is 65.2 Å². The number of thiophene rings is 1. The van der Waals surface area contributed by atoms with E-state index in [1.54, 1.807) is 23.5 Å². The number of carbonyl (C=O) groups excluding carboxylic acids is 1. The molecule has 0 radical (unpaired) electrons. The topological polar surface area (TPSA) is 60.9 Å². The van der Waals surface area contributed by atoms with Crippen LogP contribution in [0.5, 0.6) is 0 Å². The van der Waals surface area contributed by atoms with Crippen LogP contribution in [0.15, 0.2) is 54.0 Å². The van der Waals surface area contributed by atoms with Crippen molar-refractivity contribution in [2.24, 2.45) is 5.73 Å². The largest absolute Gasteiger partial charge is 0.366 e. The Hall–Kier alpha value is -2.40. The number of hydrogen-bond acceptors (Lipinski definition) is 3. The summed E-state index contributed by atoms with van der Waals surface area (Å²) < 4.78 is 1.88. The molecule has 0 fully saturated rings. The molecule has 20 heavy (non-hydrogen) atoms. The van der Waals surface area contributed by atoms with Crippen LogP contribution in [0.2, 0.25) is 0 Å². The van der Waals surface area contributed by atoms with Crippen LogP contribution in [0.1, 0.15) is 15.9 Å². The highest BCUT2D eigenvalue weighted by Crippen LogP contribution is 2.22. The minimum absolute atomic E-state index is 0.407. The van der Waals surface area contributed by atoms with E-state index in [2.05, 4.69) is 11.2 Å². The van der Waals surface area contributed by atoms with Crippen LogP contribution in [0.4, 0.5) is 0 Å². The van der Waals surface area contributed by atoms with Gasteiger partial charge in [-0.05, 0) is 35.2 Å². The quantitative estimate of drug-likeness (QED) is 0.800. The number of benzene rings is 1. The van der Waals surface area contributed by atoms with E-state index >= 15 is 0 Å². The second-order valence-electron chi connectivity index (χ2n) is 4.44. The van der Waals surface area contributed by atoms with Crippen LogP contribution in [-0.2, 0) is 6.54 Å². The third-order valence-corrected chi connectivity index (χ3v) is 3.89. The van der Waals surface area contributed by atoms with Crippen molar-refractivity contribution in [1.29, 1.82) is 0 Å². The number of amides is 1. The molecule has 0 saturated carbocycles. The van der Waals surface area contributed by atoms with Gasteiger partial charge in [0.2, 0.25) is 5.91 Å². The first kappa shape index (κ1) is 12.6. The first-order valence-corrected chi connectivity index (χ1v) is 7.06. The van der Waals surface area contributed by atoms with Gasteiger partial charge in [0.1, 0.15) is 5.69 Å². The lowest BCUT2D eigenvalue weighted by atomic mass is 10.1. The van der Waals surface area contributed by atoms with Gasteiger partial charge in [0.15, 0.2) is 0 Å². The number of primary amides is 1. The van der Waals surface area contributed by atoms with Crippen LogP contribution in [0, 0.1) is 0 Å². The fourth-order valence-corrected chi connectivity index (χ4v) is 2.66. The molecule has 0 unspecified atom stereocenters. The van der Waals surface area contributed by atoms with Crippen LogP contribution in [0.3, 0.4) is 0 Å². The molecule has 1 aromatic carbocycles. The monoisotopic (exact) mass is 283 g/mol. The standard InChI is InChI=1S/C15H13N3OS/c16-15(19)12-5-3-11(4-6-12)10-18-8-7-13(17-18)14-2-1-9-20-14/h1-9H,10H2,(H2,16,19). The molecular formula is C15H13N3OS. The maximum Gasteiger partial charge on any atom is 0.248 e. The highest BCUT2D eigenvalue weighted by molar-refractivity contribution is 7.13. The van der Waals surface area contributed by atoms with Crippen LogP contribution in [0.25, 0.3) is 10.6 Å². The van der Waals surface area contributed by atoms with Gasteiger partial charge in [0.25, 0.3) is 0 Å². The van der Waals surface area contributed by atoms with Crippen LogP contribution in [-0.4, -0.2) is 15.7 Å². The molecule has 3 rings (SSSR count). The smallest absolute Gasteiger partial charge is 0.248 e. The minimum Gasteiger partial charge on any atom is -0.366 e. The zero-order chi connectivity index (χ0) is 13.9. The maximum absolute atomic E-state index is 11.0. The van der Waals surface area contributed by atoms with Gasteiger partial charge in [-0.1, -0.05) is 18.2 Å². The average molecular weight is 283 g/mol. The average Bonchev–Trinajstić information content (AvgIpc) is 3.09. The van der Waals surface area contributed by atoms with Crippen molar-refractivity contribution >= 4 is 17.2 Å². The number of nitrogens with zero attached hydrogens (tertiary/aromatic N) is 2. The zero-order valence-corrected chi connectivity index (χ0v) is 11.5. The van der Waals surface area contributed by atoms with E-state index in [0.717, 1.165) is 16.1 Å². The molecule has 2 heterocycles. The Labute approximate surface area is 120 Å². The molecule has 100 valence electrons. The Morgan fingerprint density at radius 1 is 1.20 bits per heavy atom. The summed E-state index contributed by atoms with van der Waals surface area (Å²) in [5, 5.41) is 6.58. The molecule has 0 aliphatic rings. The summed E-state index contributed by atoms with van der Waals surface area (Å²) in [5.41, 5.74) is 7.80. The summed E-state index contributed by atoms with van der Waals surface area (Å²) in [6.45, 7) is 0.671. The van der Waals surface area contributed by atoms with Crippen LogP contribution >= 0.6 is 11.3 Å². The fraction of sp³-hybridized carbons (Fsp3) is 0.0667. The van der Waals surface area contributed by atoms with E-state index in [0.29, 0.717) is 12.1 Å². The third-order valence-electron chi connectivity index (χ3n) is 3.00. The molecule has 3 aromatic rings. The van der Waals surface area contributed by atoms with Crippen molar-refractivity contribution in [1.82, 2.24) is 9.78 Å². The first-order valence-electron chi connectivity index (χ1n) is 6.18. The Bertz CT molecular complexity index is 714. The Balaban J connectivity index is 1.76. The van der Waals surface area contributed by atoms with Crippen molar-refractivity contribution in [3.8, 4) is 10.6 Å². The molecule has 0 bridgehead atoms. The molecule has 0 spiro atoms. The second-order valence-corrected chi connectivity index (χ2v) is 5.38. The first-order chi connectivity index (χ1) is 9.72. The van der Waals surface area contributed by atoms with Crippen molar-refractivity contribution in [2.45, 2.75) is 6.54 Å². The minimum atomic E-state index is -0.407. The van der Waals surface area contributed by atoms with E-state index < -0.39 is 5.91 Å². The lowest BCUT2D eigenvalue weighted by Crippen LogP contribution is -2.10. The highest BCUT2D eigenvalue weighted by Gasteiger charge is 2.04. The summed E-state index contributed by atoms with van der Waals surface area (Å²) in [4.78, 5) is 12.2.